The molecule has 4 heteroatoms. The Morgan fingerprint density at radius 2 is 2.24 bits per heavy atom. The first-order valence-corrected chi connectivity index (χ1v) is 6.06. The predicted molar refractivity (Wildman–Crippen MR) is 66.3 cm³/mol. The van der Waals surface area contributed by atoms with E-state index in [1.165, 1.54) is 5.56 Å². The Morgan fingerprint density at radius 3 is 3.00 bits per heavy atom. The molecule has 2 N–H and O–H groups in total. The Hall–Kier alpha value is -1.71. The molecule has 2 rings (SSSR count). The maximum atomic E-state index is 11.4. The number of benzene rings is 1. The van der Waals surface area contributed by atoms with Crippen molar-refractivity contribution in [2.75, 3.05) is 13.1 Å². The molecule has 0 saturated heterocycles. The van der Waals surface area contributed by atoms with E-state index in [0.717, 1.165) is 18.6 Å². The van der Waals surface area contributed by atoms with Crippen LogP contribution in [0.5, 0.6) is 5.75 Å². The number of carbonyl (C=O) groups is 1. The second-order valence-corrected chi connectivity index (χ2v) is 4.19. The van der Waals surface area contributed by atoms with Gasteiger partial charge >= 0.3 is 6.03 Å². The van der Waals surface area contributed by atoms with Crippen LogP contribution in [-0.2, 0) is 6.42 Å². The Kier molecular flexibility index (Phi) is 3.85. The molecule has 0 fully saturated rings. The molecule has 0 saturated carbocycles. The molecule has 0 radical (unpaired) electrons. The molecule has 1 aromatic carbocycles. The molecule has 1 aromatic rings. The summed E-state index contributed by atoms with van der Waals surface area (Å²) < 4.78 is 5.72. The van der Waals surface area contributed by atoms with Gasteiger partial charge in [0, 0.05) is 13.0 Å². The van der Waals surface area contributed by atoms with Crippen LogP contribution in [-0.4, -0.2) is 25.2 Å². The first-order valence-electron chi connectivity index (χ1n) is 6.06. The summed E-state index contributed by atoms with van der Waals surface area (Å²) in [5, 5.41) is 5.59. The SMILES string of the molecule is CCCNC(=O)NC[C@H]1Cc2ccccc2O1. The number of hydrogen-bond acceptors (Lipinski definition) is 2. The summed E-state index contributed by atoms with van der Waals surface area (Å²) in [5.74, 6) is 0.938. The molecule has 0 aliphatic carbocycles. The van der Waals surface area contributed by atoms with Gasteiger partial charge in [0.05, 0.1) is 6.54 Å². The van der Waals surface area contributed by atoms with E-state index in [1.807, 2.05) is 25.1 Å². The Morgan fingerprint density at radius 1 is 1.41 bits per heavy atom. The summed E-state index contributed by atoms with van der Waals surface area (Å²) in [6.07, 6.45) is 1.86. The fourth-order valence-corrected chi connectivity index (χ4v) is 1.88. The van der Waals surface area contributed by atoms with Crippen LogP contribution in [0.2, 0.25) is 0 Å². The van der Waals surface area contributed by atoms with Gasteiger partial charge in [-0.15, -0.1) is 0 Å². The third-order valence-electron chi connectivity index (χ3n) is 2.74. The number of carbonyl (C=O) groups excluding carboxylic acids is 1. The van der Waals surface area contributed by atoms with Crippen molar-refractivity contribution in [3.8, 4) is 5.75 Å². The van der Waals surface area contributed by atoms with Gasteiger partial charge in [-0.3, -0.25) is 0 Å². The fourth-order valence-electron chi connectivity index (χ4n) is 1.88. The lowest BCUT2D eigenvalue weighted by Crippen LogP contribution is -2.41. The molecule has 0 aromatic heterocycles. The lowest BCUT2D eigenvalue weighted by Gasteiger charge is -2.12. The molecule has 1 heterocycles. The fraction of sp³-hybridized carbons (Fsp3) is 0.462. The van der Waals surface area contributed by atoms with Crippen LogP contribution in [0, 0.1) is 0 Å². The van der Waals surface area contributed by atoms with E-state index >= 15 is 0 Å². The zero-order valence-corrected chi connectivity index (χ0v) is 10.0. The number of fused-ring (bicyclic) bond motifs is 1. The number of urea groups is 1. The highest BCUT2D eigenvalue weighted by Gasteiger charge is 2.22. The second kappa shape index (κ2) is 5.57. The van der Waals surface area contributed by atoms with Crippen molar-refractivity contribution < 1.29 is 9.53 Å². The van der Waals surface area contributed by atoms with Gasteiger partial charge in [-0.25, -0.2) is 4.79 Å². The molecule has 92 valence electrons. The summed E-state index contributed by atoms with van der Waals surface area (Å²) >= 11 is 0. The van der Waals surface area contributed by atoms with Gasteiger partial charge in [-0.2, -0.15) is 0 Å². The summed E-state index contributed by atoms with van der Waals surface area (Å²) in [6, 6.07) is 7.87. The summed E-state index contributed by atoms with van der Waals surface area (Å²) in [6.45, 7) is 3.28. The summed E-state index contributed by atoms with van der Waals surface area (Å²) in [7, 11) is 0. The van der Waals surface area contributed by atoms with Crippen molar-refractivity contribution in [3.05, 3.63) is 29.8 Å². The number of amides is 2. The predicted octanol–water partition coefficient (Wildman–Crippen LogP) is 1.70. The highest BCUT2D eigenvalue weighted by Crippen LogP contribution is 2.27. The quantitative estimate of drug-likeness (QED) is 0.833. The van der Waals surface area contributed by atoms with Crippen molar-refractivity contribution in [1.29, 1.82) is 0 Å². The van der Waals surface area contributed by atoms with Gasteiger partial charge in [-0.1, -0.05) is 25.1 Å². The Balaban J connectivity index is 1.75. The van der Waals surface area contributed by atoms with Gasteiger partial charge in [0.25, 0.3) is 0 Å². The van der Waals surface area contributed by atoms with E-state index < -0.39 is 0 Å². The van der Waals surface area contributed by atoms with E-state index in [0.29, 0.717) is 13.1 Å². The summed E-state index contributed by atoms with van der Waals surface area (Å²) in [4.78, 5) is 11.4. The van der Waals surface area contributed by atoms with Gasteiger partial charge in [-0.05, 0) is 18.1 Å². The lowest BCUT2D eigenvalue weighted by molar-refractivity contribution is 0.214. The molecule has 4 nitrogen and oxygen atoms in total. The van der Waals surface area contributed by atoms with Gasteiger partial charge in [0.15, 0.2) is 0 Å². The number of para-hydroxylation sites is 1. The molecule has 0 spiro atoms. The molecule has 0 bridgehead atoms. The van der Waals surface area contributed by atoms with Gasteiger partial charge in [0.2, 0.25) is 0 Å². The van der Waals surface area contributed by atoms with E-state index in [2.05, 4.69) is 16.7 Å². The zero-order valence-electron chi connectivity index (χ0n) is 10.0. The largest absolute Gasteiger partial charge is 0.488 e. The van der Waals surface area contributed by atoms with Crippen molar-refractivity contribution in [2.24, 2.45) is 0 Å². The maximum absolute atomic E-state index is 11.4. The Labute approximate surface area is 101 Å². The average Bonchev–Trinajstić information content (AvgIpc) is 2.76. The zero-order chi connectivity index (χ0) is 12.1. The molecule has 2 amide bonds. The van der Waals surface area contributed by atoms with Crippen LogP contribution in [0.15, 0.2) is 24.3 Å². The van der Waals surface area contributed by atoms with Crippen molar-refractivity contribution in [1.82, 2.24) is 10.6 Å². The number of hydrogen-bond donors (Lipinski definition) is 2. The van der Waals surface area contributed by atoms with Crippen molar-refractivity contribution >= 4 is 6.03 Å². The number of ether oxygens (including phenoxy) is 1. The van der Waals surface area contributed by atoms with Crippen LogP contribution in [0.1, 0.15) is 18.9 Å². The molecular formula is C13H18N2O2. The topological polar surface area (TPSA) is 50.4 Å². The van der Waals surface area contributed by atoms with Crippen LogP contribution >= 0.6 is 0 Å². The van der Waals surface area contributed by atoms with Gasteiger partial charge in [0.1, 0.15) is 11.9 Å². The van der Waals surface area contributed by atoms with E-state index in [1.54, 1.807) is 0 Å². The lowest BCUT2D eigenvalue weighted by atomic mass is 10.1. The smallest absolute Gasteiger partial charge is 0.314 e. The van der Waals surface area contributed by atoms with Crippen LogP contribution in [0.4, 0.5) is 4.79 Å². The molecule has 1 atom stereocenters. The first-order chi connectivity index (χ1) is 8.29. The highest BCUT2D eigenvalue weighted by atomic mass is 16.5. The van der Waals surface area contributed by atoms with Crippen molar-refractivity contribution in [3.63, 3.8) is 0 Å². The van der Waals surface area contributed by atoms with Crippen LogP contribution in [0.25, 0.3) is 0 Å². The maximum Gasteiger partial charge on any atom is 0.314 e. The minimum atomic E-state index is -0.119. The monoisotopic (exact) mass is 234 g/mol. The Bertz CT molecular complexity index is 368. The highest BCUT2D eigenvalue weighted by molar-refractivity contribution is 5.73. The molecule has 1 aliphatic heterocycles. The second-order valence-electron chi connectivity index (χ2n) is 4.19. The normalized spacial score (nSPS) is 17.1. The molecule has 1 aliphatic rings. The van der Waals surface area contributed by atoms with Gasteiger partial charge < -0.3 is 15.4 Å². The van der Waals surface area contributed by atoms with Crippen molar-refractivity contribution in [2.45, 2.75) is 25.9 Å². The number of nitrogens with one attached hydrogen (secondary N) is 2. The van der Waals surface area contributed by atoms with E-state index in [4.69, 9.17) is 4.74 Å². The molecule has 0 unspecified atom stereocenters. The standard InChI is InChI=1S/C13H18N2O2/c1-2-7-14-13(16)15-9-11-8-10-5-3-4-6-12(10)17-11/h3-6,11H,2,7-9H2,1H3,(H2,14,15,16)/t11-/m1/s1. The molecule has 17 heavy (non-hydrogen) atoms. The first kappa shape index (κ1) is 11.8. The summed E-state index contributed by atoms with van der Waals surface area (Å²) in [5.41, 5.74) is 1.22. The minimum Gasteiger partial charge on any atom is -0.488 e. The molecular weight excluding hydrogens is 216 g/mol. The average molecular weight is 234 g/mol. The minimum absolute atomic E-state index is 0.0553. The van der Waals surface area contributed by atoms with E-state index in [-0.39, 0.29) is 12.1 Å². The van der Waals surface area contributed by atoms with Crippen LogP contribution < -0.4 is 15.4 Å². The third-order valence-corrected chi connectivity index (χ3v) is 2.74. The van der Waals surface area contributed by atoms with E-state index in [9.17, 15) is 4.79 Å². The number of rotatable bonds is 4. The third kappa shape index (κ3) is 3.12. The van der Waals surface area contributed by atoms with Crippen LogP contribution in [0.3, 0.4) is 0 Å².